The number of nitrogens with zero attached hydrogens (tertiary/aromatic N) is 1. The van der Waals surface area contributed by atoms with E-state index in [4.69, 9.17) is 4.74 Å². The molecule has 3 nitrogen and oxygen atoms in total. The van der Waals surface area contributed by atoms with Crippen molar-refractivity contribution >= 4 is 17.7 Å². The van der Waals surface area contributed by atoms with Crippen LogP contribution in [0, 0.1) is 0 Å². The molecule has 0 N–H and O–H groups in total. The highest BCUT2D eigenvalue weighted by molar-refractivity contribution is 8.00. The maximum Gasteiger partial charge on any atom is 0.235 e. The van der Waals surface area contributed by atoms with Crippen LogP contribution in [0.15, 0.2) is 29.2 Å². The van der Waals surface area contributed by atoms with Crippen LogP contribution in [0.25, 0.3) is 0 Å². The summed E-state index contributed by atoms with van der Waals surface area (Å²) in [5.41, 5.74) is 0. The molecule has 1 atom stereocenters. The lowest BCUT2D eigenvalue weighted by Crippen LogP contribution is -2.39. The summed E-state index contributed by atoms with van der Waals surface area (Å²) in [6, 6.07) is 7.87. The molecule has 1 fully saturated rings. The third kappa shape index (κ3) is 2.94. The summed E-state index contributed by atoms with van der Waals surface area (Å²) in [6.07, 6.45) is 2.07. The highest BCUT2D eigenvalue weighted by Gasteiger charge is 2.26. The molecule has 1 unspecified atom stereocenters. The fourth-order valence-corrected chi connectivity index (χ4v) is 3.11. The molecule has 1 heterocycles. The van der Waals surface area contributed by atoms with Crippen molar-refractivity contribution in [1.29, 1.82) is 0 Å². The first-order valence-electron chi connectivity index (χ1n) is 5.76. The van der Waals surface area contributed by atoms with Crippen molar-refractivity contribution < 1.29 is 9.53 Å². The Kier molecular flexibility index (Phi) is 3.94. The number of carbonyl (C=O) groups excluding carboxylic acids is 1. The first kappa shape index (κ1) is 12.3. The molecule has 0 radical (unpaired) electrons. The summed E-state index contributed by atoms with van der Waals surface area (Å²) in [5, 5.41) is 0.0714. The Morgan fingerprint density at radius 3 is 2.71 bits per heavy atom. The third-order valence-electron chi connectivity index (χ3n) is 2.95. The van der Waals surface area contributed by atoms with E-state index in [-0.39, 0.29) is 11.2 Å². The van der Waals surface area contributed by atoms with E-state index in [0.29, 0.717) is 0 Å². The van der Waals surface area contributed by atoms with E-state index < -0.39 is 0 Å². The van der Waals surface area contributed by atoms with Gasteiger partial charge in [0.2, 0.25) is 5.91 Å². The number of methoxy groups -OCH3 is 1. The number of benzene rings is 1. The van der Waals surface area contributed by atoms with E-state index in [2.05, 4.69) is 0 Å². The molecule has 2 rings (SSSR count). The minimum absolute atomic E-state index is 0.0714. The zero-order chi connectivity index (χ0) is 12.3. The maximum atomic E-state index is 11.9. The van der Waals surface area contributed by atoms with Gasteiger partial charge in [0.15, 0.2) is 0 Å². The number of likely N-dealkylation sites (tertiary alicyclic amines) is 1. The summed E-state index contributed by atoms with van der Waals surface area (Å²) in [4.78, 5) is 14.9. The Hall–Kier alpha value is -1.16. The fourth-order valence-electron chi connectivity index (χ4n) is 1.92. The monoisotopic (exact) mass is 251 g/mol. The fraction of sp³-hybridized carbons (Fsp3) is 0.462. The van der Waals surface area contributed by atoms with Crippen LogP contribution >= 0.6 is 11.8 Å². The first-order valence-corrected chi connectivity index (χ1v) is 6.64. The van der Waals surface area contributed by atoms with Crippen LogP contribution in [-0.4, -0.2) is 36.8 Å². The van der Waals surface area contributed by atoms with Gasteiger partial charge in [0.1, 0.15) is 5.75 Å². The van der Waals surface area contributed by atoms with Crippen LogP contribution in [0.3, 0.4) is 0 Å². The van der Waals surface area contributed by atoms with Gasteiger partial charge in [0, 0.05) is 18.5 Å². The zero-order valence-electron chi connectivity index (χ0n) is 10.2. The van der Waals surface area contributed by atoms with E-state index in [0.717, 1.165) is 30.0 Å². The van der Waals surface area contributed by atoms with Crippen LogP contribution < -0.4 is 4.74 Å². The predicted octanol–water partition coefficient (Wildman–Crippen LogP) is 2.41. The molecule has 92 valence electrons. The molecule has 0 bridgehead atoms. The molecule has 0 spiro atoms. The zero-order valence-corrected chi connectivity index (χ0v) is 11.0. The molecule has 4 heteroatoms. The Morgan fingerprint density at radius 1 is 1.35 bits per heavy atom. The lowest BCUT2D eigenvalue weighted by Gasteiger charge is -2.28. The minimum Gasteiger partial charge on any atom is -0.497 e. The Bertz CT molecular complexity index is 391. The molecule has 0 saturated carbocycles. The van der Waals surface area contributed by atoms with Crippen molar-refractivity contribution in [3.8, 4) is 5.75 Å². The van der Waals surface area contributed by atoms with Crippen LogP contribution in [0.4, 0.5) is 0 Å². The van der Waals surface area contributed by atoms with Gasteiger partial charge in [0.05, 0.1) is 12.4 Å². The largest absolute Gasteiger partial charge is 0.497 e. The lowest BCUT2D eigenvalue weighted by molar-refractivity contribution is -0.131. The summed E-state index contributed by atoms with van der Waals surface area (Å²) < 4.78 is 5.11. The van der Waals surface area contributed by atoms with Crippen LogP contribution in [-0.2, 0) is 4.79 Å². The topological polar surface area (TPSA) is 29.5 Å². The number of amides is 1. The first-order chi connectivity index (χ1) is 8.20. The van der Waals surface area contributed by atoms with Gasteiger partial charge in [-0.3, -0.25) is 4.79 Å². The normalized spacial score (nSPS) is 20.5. The van der Waals surface area contributed by atoms with Crippen molar-refractivity contribution in [2.24, 2.45) is 0 Å². The smallest absolute Gasteiger partial charge is 0.235 e. The average molecular weight is 251 g/mol. The van der Waals surface area contributed by atoms with Crippen LogP contribution in [0.5, 0.6) is 5.75 Å². The number of ether oxygens (including phenoxy) is 1. The number of piperidine rings is 1. The molecule has 1 saturated heterocycles. The molecule has 1 amide bonds. The van der Waals surface area contributed by atoms with Gasteiger partial charge in [-0.25, -0.2) is 0 Å². The van der Waals surface area contributed by atoms with E-state index in [1.165, 1.54) is 0 Å². The summed E-state index contributed by atoms with van der Waals surface area (Å²) in [6.45, 7) is 0.887. The van der Waals surface area contributed by atoms with Crippen molar-refractivity contribution in [1.82, 2.24) is 4.90 Å². The van der Waals surface area contributed by atoms with Crippen molar-refractivity contribution in [2.45, 2.75) is 23.0 Å². The van der Waals surface area contributed by atoms with Gasteiger partial charge in [-0.15, -0.1) is 11.8 Å². The second kappa shape index (κ2) is 5.45. The van der Waals surface area contributed by atoms with Gasteiger partial charge < -0.3 is 9.64 Å². The van der Waals surface area contributed by atoms with Crippen molar-refractivity contribution in [2.75, 3.05) is 20.7 Å². The number of hydrogen-bond donors (Lipinski definition) is 0. The second-order valence-corrected chi connectivity index (χ2v) is 5.46. The molecule has 0 aromatic heterocycles. The van der Waals surface area contributed by atoms with Gasteiger partial charge in [-0.1, -0.05) is 0 Å². The predicted molar refractivity (Wildman–Crippen MR) is 69.5 cm³/mol. The highest BCUT2D eigenvalue weighted by atomic mass is 32.2. The Balaban J connectivity index is 2.01. The van der Waals surface area contributed by atoms with Gasteiger partial charge in [-0.05, 0) is 37.1 Å². The summed E-state index contributed by atoms with van der Waals surface area (Å²) in [7, 11) is 3.53. The van der Waals surface area contributed by atoms with Gasteiger partial charge in [-0.2, -0.15) is 0 Å². The van der Waals surface area contributed by atoms with E-state index in [9.17, 15) is 4.79 Å². The highest BCUT2D eigenvalue weighted by Crippen LogP contribution is 2.30. The summed E-state index contributed by atoms with van der Waals surface area (Å²) >= 11 is 1.65. The molecule has 1 aliphatic heterocycles. The number of carbonyl (C=O) groups is 1. The third-order valence-corrected chi connectivity index (χ3v) is 4.22. The standard InChI is InChI=1S/C13H17NO2S/c1-14-9-3-4-12(13(14)15)17-11-7-5-10(16-2)6-8-11/h5-8,12H,3-4,9H2,1-2H3. The van der Waals surface area contributed by atoms with E-state index >= 15 is 0 Å². The van der Waals surface area contributed by atoms with Crippen LogP contribution in [0.1, 0.15) is 12.8 Å². The maximum absolute atomic E-state index is 11.9. The number of hydrogen-bond acceptors (Lipinski definition) is 3. The number of thioether (sulfide) groups is 1. The Morgan fingerprint density at radius 2 is 2.06 bits per heavy atom. The second-order valence-electron chi connectivity index (χ2n) is 4.18. The van der Waals surface area contributed by atoms with E-state index in [1.807, 2.05) is 36.2 Å². The Labute approximate surface area is 106 Å². The number of rotatable bonds is 3. The SMILES string of the molecule is COc1ccc(SC2CCCN(C)C2=O)cc1. The quantitative estimate of drug-likeness (QED) is 0.826. The van der Waals surface area contributed by atoms with Gasteiger partial charge >= 0.3 is 0 Å². The van der Waals surface area contributed by atoms with Crippen molar-refractivity contribution in [3.05, 3.63) is 24.3 Å². The van der Waals surface area contributed by atoms with Gasteiger partial charge in [0.25, 0.3) is 0 Å². The van der Waals surface area contributed by atoms with Crippen LogP contribution in [0.2, 0.25) is 0 Å². The molecule has 1 aromatic carbocycles. The molecule has 1 aliphatic rings. The van der Waals surface area contributed by atoms with Crippen molar-refractivity contribution in [3.63, 3.8) is 0 Å². The molecule has 1 aromatic rings. The molecular weight excluding hydrogens is 234 g/mol. The molecule has 17 heavy (non-hydrogen) atoms. The lowest BCUT2D eigenvalue weighted by atomic mass is 10.1. The molecular formula is C13H17NO2S. The molecule has 0 aliphatic carbocycles. The average Bonchev–Trinajstić information content (AvgIpc) is 2.36. The van der Waals surface area contributed by atoms with E-state index in [1.54, 1.807) is 18.9 Å². The summed E-state index contributed by atoms with van der Waals surface area (Å²) in [5.74, 6) is 1.10. The minimum atomic E-state index is 0.0714.